The summed E-state index contributed by atoms with van der Waals surface area (Å²) in [5, 5.41) is 14.4. The quantitative estimate of drug-likeness (QED) is 0.366. The van der Waals surface area contributed by atoms with Crippen molar-refractivity contribution in [2.75, 3.05) is 36.8 Å². The van der Waals surface area contributed by atoms with Gasteiger partial charge >= 0.3 is 18.5 Å². The zero-order chi connectivity index (χ0) is 36.2. The maximum Gasteiger partial charge on any atom is 0.573 e. The summed E-state index contributed by atoms with van der Waals surface area (Å²) in [5.74, 6) is -1.33. The second-order valence-corrected chi connectivity index (χ2v) is 15.0. The molecular weight excluding hydrogens is 685 g/mol. The molecule has 5 amide bonds. The van der Waals surface area contributed by atoms with Crippen LogP contribution in [0.5, 0.6) is 5.75 Å². The predicted octanol–water partition coefficient (Wildman–Crippen LogP) is 3.05. The lowest BCUT2D eigenvalue weighted by atomic mass is 9.85. The van der Waals surface area contributed by atoms with Crippen molar-refractivity contribution in [1.82, 2.24) is 19.8 Å². The average Bonchev–Trinajstić information content (AvgIpc) is 3.47. The Kier molecular flexibility index (Phi) is 8.82. The van der Waals surface area contributed by atoms with E-state index in [0.717, 1.165) is 28.8 Å². The minimum Gasteiger partial charge on any atom is -0.465 e. The summed E-state index contributed by atoms with van der Waals surface area (Å²) in [6.07, 6.45) is -5.27. The summed E-state index contributed by atoms with van der Waals surface area (Å²) in [4.78, 5) is 57.5. The van der Waals surface area contributed by atoms with Crippen LogP contribution >= 0.6 is 0 Å². The van der Waals surface area contributed by atoms with Crippen molar-refractivity contribution in [1.29, 1.82) is 0 Å². The molecule has 0 radical (unpaired) electrons. The van der Waals surface area contributed by atoms with Crippen LogP contribution < -0.4 is 20.3 Å². The lowest BCUT2D eigenvalue weighted by Gasteiger charge is -2.41. The van der Waals surface area contributed by atoms with Gasteiger partial charge in [-0.3, -0.25) is 24.8 Å². The van der Waals surface area contributed by atoms with E-state index < -0.39 is 57.2 Å². The van der Waals surface area contributed by atoms with E-state index in [1.165, 1.54) is 26.2 Å². The molecule has 6 rings (SSSR count). The van der Waals surface area contributed by atoms with E-state index in [1.54, 1.807) is 26.0 Å². The highest BCUT2D eigenvalue weighted by Gasteiger charge is 2.55. The predicted molar refractivity (Wildman–Crippen MR) is 172 cm³/mol. The number of benzene rings is 2. The number of amidine groups is 1. The number of hydrogen-bond donors (Lipinski definition) is 3. The third-order valence-electron chi connectivity index (χ3n) is 9.97. The zero-order valence-electron chi connectivity index (χ0n) is 27.2. The number of amides is 5. The number of alkyl halides is 3. The number of carbonyl (C=O) groups is 4. The molecule has 0 saturated carbocycles. The van der Waals surface area contributed by atoms with E-state index in [1.807, 2.05) is 0 Å². The summed E-state index contributed by atoms with van der Waals surface area (Å²) in [6, 6.07) is 7.78. The molecule has 4 aliphatic heterocycles. The summed E-state index contributed by atoms with van der Waals surface area (Å²) in [5.41, 5.74) is 0.628. The van der Waals surface area contributed by atoms with Gasteiger partial charge in [0.15, 0.2) is 0 Å². The first-order valence-corrected chi connectivity index (χ1v) is 17.5. The Morgan fingerprint density at radius 2 is 1.54 bits per heavy atom. The van der Waals surface area contributed by atoms with Gasteiger partial charge in [-0.15, -0.1) is 13.2 Å². The number of urea groups is 1. The number of hydrogen-bond acceptors (Lipinski definition) is 8. The Morgan fingerprint density at radius 3 is 2.10 bits per heavy atom. The van der Waals surface area contributed by atoms with Gasteiger partial charge < -0.3 is 20.1 Å². The first kappa shape index (κ1) is 35.1. The molecule has 0 bridgehead atoms. The van der Waals surface area contributed by atoms with Gasteiger partial charge in [0.1, 0.15) is 22.7 Å². The molecular formula is C32H35F3N6O8S. The van der Waals surface area contributed by atoms with Crippen molar-refractivity contribution in [3.8, 4) is 5.75 Å². The standard InChI is InChI=1S/C32H35F3N6O8S/c1-19-17-22(41-28(44)37-27(43)31(41)10-12-39(13-11-31)29(45)46)18-20(2)24(19)7-16-50(47,48)40-14-8-30(9-15-40)26(42)36-25(38-30)21-3-5-23(6-4-21)49-32(33,34)35/h3-6,17-18H,7-16H2,1-2H3,(H,45,46)(H,36,38,42)(H,37,43,44). The Balaban J connectivity index is 1.11. The van der Waals surface area contributed by atoms with Crippen LogP contribution in [0.25, 0.3) is 0 Å². The molecule has 2 aromatic rings. The Bertz CT molecular complexity index is 1860. The smallest absolute Gasteiger partial charge is 0.465 e. The van der Waals surface area contributed by atoms with Gasteiger partial charge in [-0.2, -0.15) is 0 Å². The molecule has 0 aromatic heterocycles. The zero-order valence-corrected chi connectivity index (χ0v) is 28.0. The minimum absolute atomic E-state index is 0.0429. The highest BCUT2D eigenvalue weighted by atomic mass is 32.2. The second kappa shape index (κ2) is 12.6. The number of rotatable bonds is 7. The third-order valence-corrected chi connectivity index (χ3v) is 11.8. The Hall–Kier alpha value is -4.71. The van der Waals surface area contributed by atoms with E-state index in [4.69, 9.17) is 0 Å². The Morgan fingerprint density at radius 1 is 0.940 bits per heavy atom. The molecule has 14 nitrogen and oxygen atoms in total. The van der Waals surface area contributed by atoms with E-state index >= 15 is 0 Å². The lowest BCUT2D eigenvalue weighted by molar-refractivity contribution is -0.274. The fourth-order valence-electron chi connectivity index (χ4n) is 7.24. The normalized spacial score (nSPS) is 20.7. The van der Waals surface area contributed by atoms with E-state index in [9.17, 15) is 45.9 Å². The SMILES string of the molecule is Cc1cc(N2C(=O)NC(=O)C23CCN(C(=O)O)CC3)cc(C)c1CCS(=O)(=O)N1CCC2(CC1)N=C(c1ccc(OC(F)(F)F)cc1)NC2=O. The molecule has 268 valence electrons. The van der Waals surface area contributed by atoms with Gasteiger partial charge in [0.25, 0.3) is 11.8 Å². The molecule has 3 N–H and O–H groups in total. The maximum absolute atomic E-state index is 13.5. The number of aryl methyl sites for hydroxylation is 2. The first-order chi connectivity index (χ1) is 23.4. The number of nitrogens with zero attached hydrogens (tertiary/aromatic N) is 4. The summed E-state index contributed by atoms with van der Waals surface area (Å²) in [6.45, 7) is 3.86. The lowest BCUT2D eigenvalue weighted by Crippen LogP contribution is -2.57. The first-order valence-electron chi connectivity index (χ1n) is 15.9. The van der Waals surface area contributed by atoms with Crippen molar-refractivity contribution in [3.63, 3.8) is 0 Å². The number of carbonyl (C=O) groups excluding carboxylic acids is 3. The molecule has 0 atom stereocenters. The molecule has 2 aromatic carbocycles. The van der Waals surface area contributed by atoms with Gasteiger partial charge in [-0.1, -0.05) is 0 Å². The highest BCUT2D eigenvalue weighted by Crippen LogP contribution is 2.39. The third kappa shape index (κ3) is 6.48. The number of aliphatic imine (C=N–C) groups is 1. The topological polar surface area (TPSA) is 178 Å². The molecule has 3 saturated heterocycles. The number of carboxylic acid groups (broad SMARTS) is 1. The summed E-state index contributed by atoms with van der Waals surface area (Å²) < 4.78 is 69.7. The number of halogens is 3. The summed E-state index contributed by atoms with van der Waals surface area (Å²) in [7, 11) is -3.77. The number of piperidine rings is 2. The van der Waals surface area contributed by atoms with Crippen molar-refractivity contribution >= 4 is 45.5 Å². The van der Waals surface area contributed by atoms with Crippen molar-refractivity contribution in [3.05, 3.63) is 58.7 Å². The number of anilines is 1. The maximum atomic E-state index is 13.5. The molecule has 50 heavy (non-hydrogen) atoms. The van der Waals surface area contributed by atoms with Gasteiger partial charge in [0, 0.05) is 37.4 Å². The van der Waals surface area contributed by atoms with Crippen LogP contribution in [-0.2, 0) is 26.0 Å². The van der Waals surface area contributed by atoms with Crippen LogP contribution in [0.15, 0.2) is 41.4 Å². The largest absolute Gasteiger partial charge is 0.573 e. The van der Waals surface area contributed by atoms with Gasteiger partial charge in [0.2, 0.25) is 10.0 Å². The van der Waals surface area contributed by atoms with Crippen LogP contribution in [0.1, 0.15) is 47.9 Å². The van der Waals surface area contributed by atoms with E-state index in [-0.39, 0.29) is 69.9 Å². The van der Waals surface area contributed by atoms with Crippen molar-refractivity contribution in [2.45, 2.75) is 63.4 Å². The monoisotopic (exact) mass is 720 g/mol. The molecule has 3 fully saturated rings. The van der Waals surface area contributed by atoms with Gasteiger partial charge in [-0.05, 0) is 99.0 Å². The number of sulfonamides is 1. The number of ether oxygens (including phenoxy) is 1. The molecule has 4 heterocycles. The van der Waals surface area contributed by atoms with E-state index in [0.29, 0.717) is 11.3 Å². The fourth-order valence-corrected chi connectivity index (χ4v) is 8.70. The van der Waals surface area contributed by atoms with Crippen LogP contribution in [0, 0.1) is 13.8 Å². The number of likely N-dealkylation sites (tertiary alicyclic amines) is 1. The Labute approximate surface area is 285 Å². The molecule has 4 aliphatic rings. The van der Waals surface area contributed by atoms with Gasteiger partial charge in [0.05, 0.1) is 5.75 Å². The van der Waals surface area contributed by atoms with Crippen LogP contribution in [0.3, 0.4) is 0 Å². The van der Waals surface area contributed by atoms with Crippen LogP contribution in [0.2, 0.25) is 0 Å². The molecule has 18 heteroatoms. The van der Waals surface area contributed by atoms with Crippen molar-refractivity contribution in [2.24, 2.45) is 4.99 Å². The average molecular weight is 721 g/mol. The number of imide groups is 1. The van der Waals surface area contributed by atoms with E-state index in [2.05, 4.69) is 20.4 Å². The fraction of sp³-hybridized carbons (Fsp3) is 0.469. The highest BCUT2D eigenvalue weighted by molar-refractivity contribution is 7.89. The van der Waals surface area contributed by atoms with Crippen LogP contribution in [0.4, 0.5) is 28.4 Å². The summed E-state index contributed by atoms with van der Waals surface area (Å²) >= 11 is 0. The number of nitrogens with one attached hydrogen (secondary N) is 2. The van der Waals surface area contributed by atoms with Crippen LogP contribution in [-0.4, -0.2) is 102 Å². The minimum atomic E-state index is -4.84. The van der Waals surface area contributed by atoms with Crippen molar-refractivity contribution < 1.29 is 50.6 Å². The molecule has 0 aliphatic carbocycles. The molecule has 0 unspecified atom stereocenters. The molecule has 2 spiro atoms. The second-order valence-electron chi connectivity index (χ2n) is 12.9. The van der Waals surface area contributed by atoms with Gasteiger partial charge in [-0.25, -0.2) is 22.3 Å².